The molecule has 4 aliphatic heterocycles. The highest BCUT2D eigenvalue weighted by Gasteiger charge is 2.38. The van der Waals surface area contributed by atoms with E-state index < -0.39 is 0 Å². The molecule has 0 bridgehead atoms. The molecule has 3 atom stereocenters. The van der Waals surface area contributed by atoms with E-state index in [2.05, 4.69) is 62.3 Å². The van der Waals surface area contributed by atoms with Crippen LogP contribution in [0.3, 0.4) is 0 Å². The second-order valence-electron chi connectivity index (χ2n) is 18.8. The fourth-order valence-electron chi connectivity index (χ4n) is 9.80. The normalized spacial score (nSPS) is 17.3. The molecule has 0 saturated heterocycles. The van der Waals surface area contributed by atoms with Crippen molar-refractivity contribution in [3.05, 3.63) is 136 Å². The molecule has 9 rings (SSSR count). The standard InChI is InChI=1S/C55H62N4O7S2/c1-7-19-63-21-22-64-20-18-57(35-55(3,4)68(6)67)43-25-37(33-65-50-31-47-46(23-36(50)2)54(61)59-44(32-56-47)28-41-13-9-11-15-49(41)59)24-38(26-43)34-66-52-29-39-16-17-42-27-40-12-8-10-14-48(40)58(42)53(60)45(39)30-51(52)62-5/h8-15,23-26,29-32,42,44H,7,16-22,27-28,33-35H2,1-6H3/t42-,44-,68?/m1/s1. The fourth-order valence-corrected chi connectivity index (χ4v) is 10.3. The van der Waals surface area contributed by atoms with Crippen LogP contribution in [0.15, 0.2) is 96.0 Å². The van der Waals surface area contributed by atoms with Crippen LogP contribution < -0.4 is 28.9 Å². The van der Waals surface area contributed by atoms with E-state index in [4.69, 9.17) is 39.9 Å². The van der Waals surface area contributed by atoms with E-state index in [1.54, 1.807) is 7.11 Å². The minimum Gasteiger partial charge on any atom is -0.493 e. The first-order valence-corrected chi connectivity index (χ1v) is 26.3. The Morgan fingerprint density at radius 1 is 0.765 bits per heavy atom. The van der Waals surface area contributed by atoms with Gasteiger partial charge in [0.05, 0.1) is 44.2 Å². The van der Waals surface area contributed by atoms with Gasteiger partial charge in [-0.15, -0.1) is 9.45 Å². The summed E-state index contributed by atoms with van der Waals surface area (Å²) in [5, 5.41) is 0. The van der Waals surface area contributed by atoms with Gasteiger partial charge in [0.15, 0.2) is 11.5 Å². The fraction of sp³-hybridized carbons (Fsp3) is 0.400. The highest BCUT2D eigenvalue weighted by Crippen LogP contribution is 2.42. The Kier molecular flexibility index (Phi) is 14.3. The van der Waals surface area contributed by atoms with E-state index in [9.17, 15) is 9.59 Å². The number of benzene rings is 5. The van der Waals surface area contributed by atoms with Crippen LogP contribution in [-0.2, 0) is 62.6 Å². The van der Waals surface area contributed by atoms with E-state index in [0.717, 1.165) is 83.6 Å². The Bertz CT molecular complexity index is 2760. The van der Waals surface area contributed by atoms with Crippen LogP contribution in [0.2, 0.25) is 0 Å². The minimum atomic E-state index is -0.290. The molecular weight excluding hydrogens is 893 g/mol. The zero-order chi connectivity index (χ0) is 47.5. The number of rotatable bonds is 19. The lowest BCUT2D eigenvalue weighted by atomic mass is 9.99. The van der Waals surface area contributed by atoms with Gasteiger partial charge in [-0.1, -0.05) is 54.5 Å². The highest BCUT2D eigenvalue weighted by atomic mass is 32.8. The highest BCUT2D eigenvalue weighted by molar-refractivity contribution is 8.29. The van der Waals surface area contributed by atoms with Gasteiger partial charge in [-0.2, -0.15) is 0 Å². The molecule has 0 spiro atoms. The van der Waals surface area contributed by atoms with Crippen LogP contribution in [0.5, 0.6) is 17.2 Å². The molecule has 0 fully saturated rings. The first-order chi connectivity index (χ1) is 32.9. The molecule has 1 unspecified atom stereocenters. The molecule has 13 heteroatoms. The number of aliphatic imine (C=N–C) groups is 1. The average Bonchev–Trinajstić information content (AvgIpc) is 3.83. The van der Waals surface area contributed by atoms with Crippen molar-refractivity contribution < 1.29 is 33.3 Å². The van der Waals surface area contributed by atoms with Crippen molar-refractivity contribution in [1.29, 1.82) is 0 Å². The lowest BCUT2D eigenvalue weighted by Gasteiger charge is -2.35. The summed E-state index contributed by atoms with van der Waals surface area (Å²) < 4.78 is 30.9. The number of para-hydroxylation sites is 2. The lowest BCUT2D eigenvalue weighted by Crippen LogP contribution is -2.43. The smallest absolute Gasteiger partial charge is 0.261 e. The molecule has 0 radical (unpaired) electrons. The van der Waals surface area contributed by atoms with Gasteiger partial charge >= 0.3 is 0 Å². The maximum atomic E-state index is 14.2. The van der Waals surface area contributed by atoms with Gasteiger partial charge in [0.25, 0.3) is 11.8 Å². The van der Waals surface area contributed by atoms with Crippen LogP contribution in [0.25, 0.3) is 0 Å². The lowest BCUT2D eigenvalue weighted by molar-refractivity contribution is 0.0505. The number of hydrogen-bond donors (Lipinski definition) is 0. The number of methoxy groups -OCH3 is 1. The summed E-state index contributed by atoms with van der Waals surface area (Å²) in [4.78, 5) is 39.3. The monoisotopic (exact) mass is 954 g/mol. The molecule has 2 amide bonds. The van der Waals surface area contributed by atoms with Gasteiger partial charge in [-0.25, -0.2) is 0 Å². The van der Waals surface area contributed by atoms with Gasteiger partial charge in [0.1, 0.15) is 19.0 Å². The zero-order valence-corrected chi connectivity index (χ0v) is 41.7. The third kappa shape index (κ3) is 9.94. The molecule has 0 saturated carbocycles. The Balaban J connectivity index is 0.999. The zero-order valence-electron chi connectivity index (χ0n) is 40.0. The molecule has 0 aliphatic carbocycles. The maximum absolute atomic E-state index is 14.2. The molecule has 68 heavy (non-hydrogen) atoms. The number of hydrogen-bond acceptors (Lipinski definition) is 10. The van der Waals surface area contributed by atoms with E-state index in [1.807, 2.05) is 83.6 Å². The van der Waals surface area contributed by atoms with Crippen LogP contribution in [0.1, 0.15) is 87.7 Å². The van der Waals surface area contributed by atoms with Crippen LogP contribution in [0.4, 0.5) is 22.7 Å². The molecule has 4 heterocycles. The summed E-state index contributed by atoms with van der Waals surface area (Å²) in [5.41, 5.74) is 10.8. The first kappa shape index (κ1) is 47.5. The van der Waals surface area contributed by atoms with Crippen molar-refractivity contribution in [2.75, 3.05) is 67.6 Å². The van der Waals surface area contributed by atoms with Crippen molar-refractivity contribution in [1.82, 2.24) is 0 Å². The molecule has 5 aromatic carbocycles. The molecule has 0 N–H and O–H groups in total. The number of amides is 2. The third-order valence-electron chi connectivity index (χ3n) is 13.6. The molecule has 356 valence electrons. The maximum Gasteiger partial charge on any atom is 0.261 e. The van der Waals surface area contributed by atoms with E-state index in [0.29, 0.717) is 67.0 Å². The number of anilines is 3. The average molecular weight is 955 g/mol. The van der Waals surface area contributed by atoms with Crippen molar-refractivity contribution in [2.45, 2.75) is 89.8 Å². The van der Waals surface area contributed by atoms with Crippen molar-refractivity contribution in [3.8, 4) is 17.2 Å². The summed E-state index contributed by atoms with van der Waals surface area (Å²) in [6.45, 7) is 12.7. The predicted octanol–water partition coefficient (Wildman–Crippen LogP) is 9.70. The van der Waals surface area contributed by atoms with E-state index in [-0.39, 0.29) is 51.3 Å². The first-order valence-electron chi connectivity index (χ1n) is 23.8. The number of aryl methyl sites for hydroxylation is 2. The van der Waals surface area contributed by atoms with Gasteiger partial charge in [-0.05, 0) is 135 Å². The summed E-state index contributed by atoms with van der Waals surface area (Å²) in [5.74, 6) is 1.69. The van der Waals surface area contributed by atoms with Gasteiger partial charge in [-0.3, -0.25) is 19.5 Å². The molecular formula is C55H62N4O7S2. The number of carbonyl (C=O) groups is 2. The van der Waals surface area contributed by atoms with Gasteiger partial charge in [0.2, 0.25) is 0 Å². The van der Waals surface area contributed by atoms with Crippen molar-refractivity contribution in [2.24, 2.45) is 4.99 Å². The SMILES string of the molecule is CCCOCCOCCN(CC(C)(C)S(C)=S)c1cc(COc2cc3c(cc2C)C(=O)N2c4ccccc4C[C@@H]2C=N3)cc(COc2cc3c(cc2OC)C(=O)N2c4ccccc4C[C@H]2CC3)c1. The van der Waals surface area contributed by atoms with E-state index >= 15 is 0 Å². The Hall–Kier alpha value is -5.60. The number of carbonyl (C=O) groups excluding carboxylic acids is 2. The quantitative estimate of drug-likeness (QED) is 0.0750. The number of ether oxygens (including phenoxy) is 5. The topological polar surface area (TPSA) is 102 Å². The van der Waals surface area contributed by atoms with Crippen LogP contribution in [0, 0.1) is 6.92 Å². The summed E-state index contributed by atoms with van der Waals surface area (Å²) >= 11 is 5.90. The summed E-state index contributed by atoms with van der Waals surface area (Å²) in [6, 6.07) is 30.4. The van der Waals surface area contributed by atoms with Crippen molar-refractivity contribution in [3.63, 3.8) is 0 Å². The minimum absolute atomic E-state index is 0.00151. The van der Waals surface area contributed by atoms with E-state index in [1.165, 1.54) is 5.56 Å². The predicted molar refractivity (Wildman–Crippen MR) is 276 cm³/mol. The second kappa shape index (κ2) is 20.6. The second-order valence-corrected chi connectivity index (χ2v) is 22.3. The van der Waals surface area contributed by atoms with Gasteiger partial charge in [0, 0.05) is 71.8 Å². The summed E-state index contributed by atoms with van der Waals surface area (Å²) in [7, 11) is 1.33. The number of fused-ring (bicyclic) bond motifs is 8. The molecule has 4 aliphatic rings. The molecule has 0 aromatic heterocycles. The van der Waals surface area contributed by atoms with Gasteiger partial charge < -0.3 is 33.5 Å². The molecule has 11 nitrogen and oxygen atoms in total. The third-order valence-corrected chi connectivity index (χ3v) is 16.6. The summed E-state index contributed by atoms with van der Waals surface area (Å²) in [6.07, 6.45) is 8.17. The Morgan fingerprint density at radius 2 is 1.43 bits per heavy atom. The van der Waals surface area contributed by atoms with Crippen molar-refractivity contribution >= 4 is 61.4 Å². The van der Waals surface area contributed by atoms with Crippen LogP contribution in [-0.4, -0.2) is 87.7 Å². The largest absolute Gasteiger partial charge is 0.493 e. The number of nitrogens with zero attached hydrogens (tertiary/aromatic N) is 4. The Labute approximate surface area is 408 Å². The molecule has 5 aromatic rings. The Morgan fingerprint density at radius 3 is 2.13 bits per heavy atom. The van der Waals surface area contributed by atoms with Crippen LogP contribution >= 0.6 is 0 Å².